The van der Waals surface area contributed by atoms with E-state index in [1.165, 1.54) is 0 Å². The van der Waals surface area contributed by atoms with Crippen LogP contribution in [-0.2, 0) is 0 Å². The van der Waals surface area contributed by atoms with E-state index in [1.807, 2.05) is 72.7 Å². The molecule has 0 unspecified atom stereocenters. The topological polar surface area (TPSA) is 3.24 Å². The quantitative estimate of drug-likeness (QED) is 0.716. The molecule has 0 saturated heterocycles. The van der Waals surface area contributed by atoms with Gasteiger partial charge in [-0.2, -0.15) is 0 Å². The van der Waals surface area contributed by atoms with Crippen molar-refractivity contribution in [1.29, 1.82) is 0 Å². The van der Waals surface area contributed by atoms with Gasteiger partial charge in [-0.1, -0.05) is 53.7 Å². The standard InChI is InChI=1S/C17H29N/c1-11(2)14-9-15(12(3)4)17(18(7)8)16(10-14)13(5)6/h9-13H,1-8H3/i11D,12D,13D. The highest BCUT2D eigenvalue weighted by molar-refractivity contribution is 5.62. The molecule has 1 rings (SSSR count). The van der Waals surface area contributed by atoms with Gasteiger partial charge in [0, 0.05) is 23.9 Å². The highest BCUT2D eigenvalue weighted by Gasteiger charge is 2.18. The summed E-state index contributed by atoms with van der Waals surface area (Å²) in [6.07, 6.45) is 0. The van der Waals surface area contributed by atoms with Crippen LogP contribution in [0.3, 0.4) is 0 Å². The van der Waals surface area contributed by atoms with E-state index in [9.17, 15) is 0 Å². The van der Waals surface area contributed by atoms with Crippen molar-refractivity contribution in [2.24, 2.45) is 0 Å². The number of anilines is 1. The summed E-state index contributed by atoms with van der Waals surface area (Å²) in [7, 11) is 3.90. The van der Waals surface area contributed by atoms with E-state index in [0.29, 0.717) is 0 Å². The summed E-state index contributed by atoms with van der Waals surface area (Å²) in [5, 5.41) is 0. The van der Waals surface area contributed by atoms with Crippen LogP contribution in [0.25, 0.3) is 0 Å². The fourth-order valence-corrected chi connectivity index (χ4v) is 2.17. The molecule has 1 heteroatoms. The summed E-state index contributed by atoms with van der Waals surface area (Å²) in [4.78, 5) is 1.98. The SMILES string of the molecule is [2H]C(C)(C)c1cc(C([2H])(C)C)c(N(C)C)c(C([2H])(C)C)c1. The third kappa shape index (κ3) is 3.07. The molecule has 0 amide bonds. The Hall–Kier alpha value is -0.980. The van der Waals surface area contributed by atoms with Crippen LogP contribution in [0.15, 0.2) is 12.1 Å². The molecule has 0 saturated carbocycles. The normalized spacial score (nSPS) is 15.9. The molecule has 0 aliphatic carbocycles. The first-order valence-electron chi connectivity index (χ1n) is 8.02. The molecule has 0 N–H and O–H groups in total. The van der Waals surface area contributed by atoms with Gasteiger partial charge in [0.25, 0.3) is 0 Å². The van der Waals surface area contributed by atoms with Gasteiger partial charge in [-0.15, -0.1) is 0 Å². The van der Waals surface area contributed by atoms with Crippen LogP contribution in [0, 0.1) is 0 Å². The zero-order chi connectivity index (χ0) is 16.8. The fraction of sp³-hybridized carbons (Fsp3) is 0.647. The first-order chi connectivity index (χ1) is 9.15. The van der Waals surface area contributed by atoms with Gasteiger partial charge in [-0.05, 0) is 34.4 Å². The Labute approximate surface area is 117 Å². The lowest BCUT2D eigenvalue weighted by molar-refractivity contribution is 0.797. The lowest BCUT2D eigenvalue weighted by Crippen LogP contribution is -2.16. The van der Waals surface area contributed by atoms with Gasteiger partial charge < -0.3 is 4.90 Å². The van der Waals surface area contributed by atoms with Crippen molar-refractivity contribution in [3.63, 3.8) is 0 Å². The highest BCUT2D eigenvalue weighted by Crippen LogP contribution is 2.37. The predicted molar refractivity (Wildman–Crippen MR) is 83.0 cm³/mol. The Morgan fingerprint density at radius 2 is 1.22 bits per heavy atom. The highest BCUT2D eigenvalue weighted by atomic mass is 15.1. The largest absolute Gasteiger partial charge is 0.377 e. The fourth-order valence-electron chi connectivity index (χ4n) is 2.17. The van der Waals surface area contributed by atoms with Gasteiger partial charge in [-0.3, -0.25) is 0 Å². The van der Waals surface area contributed by atoms with E-state index in [0.717, 1.165) is 22.4 Å². The van der Waals surface area contributed by atoms with Crippen LogP contribution < -0.4 is 4.90 Å². The van der Waals surface area contributed by atoms with Gasteiger partial charge in [0.15, 0.2) is 0 Å². The van der Waals surface area contributed by atoms with Gasteiger partial charge in [-0.25, -0.2) is 0 Å². The molecule has 0 heterocycles. The molecule has 0 aliphatic heterocycles. The molecule has 0 bridgehead atoms. The van der Waals surface area contributed by atoms with Gasteiger partial charge in [0.2, 0.25) is 0 Å². The molecule has 0 spiro atoms. The molecular formula is C17H29N. The van der Waals surface area contributed by atoms with Crippen LogP contribution in [-0.4, -0.2) is 14.1 Å². The van der Waals surface area contributed by atoms with E-state index in [1.54, 1.807) is 0 Å². The maximum absolute atomic E-state index is 8.46. The molecular weight excluding hydrogens is 218 g/mol. The third-order valence-corrected chi connectivity index (χ3v) is 3.21. The van der Waals surface area contributed by atoms with Crippen LogP contribution in [0.1, 0.15) is 80.0 Å². The minimum Gasteiger partial charge on any atom is -0.377 e. The first-order valence-corrected chi connectivity index (χ1v) is 6.52. The molecule has 18 heavy (non-hydrogen) atoms. The second-order valence-electron chi connectivity index (χ2n) is 5.81. The van der Waals surface area contributed by atoms with E-state index >= 15 is 0 Å². The van der Waals surface area contributed by atoms with Crippen molar-refractivity contribution < 1.29 is 4.11 Å². The average Bonchev–Trinajstić information content (AvgIpc) is 2.23. The summed E-state index contributed by atoms with van der Waals surface area (Å²) in [5.74, 6) is -2.30. The zero-order valence-electron chi connectivity index (χ0n) is 16.1. The monoisotopic (exact) mass is 250 g/mol. The van der Waals surface area contributed by atoms with Gasteiger partial charge in [0.05, 0.1) is 0 Å². The van der Waals surface area contributed by atoms with E-state index in [2.05, 4.69) is 0 Å². The zero-order valence-corrected chi connectivity index (χ0v) is 13.1. The van der Waals surface area contributed by atoms with Crippen molar-refractivity contribution in [2.75, 3.05) is 19.0 Å². The Morgan fingerprint density at radius 3 is 1.44 bits per heavy atom. The summed E-state index contributed by atoms with van der Waals surface area (Å²) in [6.45, 7) is 11.1. The molecule has 1 nitrogen and oxygen atoms in total. The minimum absolute atomic E-state index is 0.745. The number of benzene rings is 1. The summed E-state index contributed by atoms with van der Waals surface area (Å²) >= 11 is 0. The first kappa shape index (κ1) is 10.9. The maximum Gasteiger partial charge on any atom is 0.0431 e. The van der Waals surface area contributed by atoms with Crippen LogP contribution in [0.2, 0.25) is 0 Å². The predicted octanol–water partition coefficient (Wildman–Crippen LogP) is 5.12. The van der Waals surface area contributed by atoms with E-state index in [4.69, 9.17) is 4.11 Å². The van der Waals surface area contributed by atoms with Gasteiger partial charge in [0.1, 0.15) is 0 Å². The van der Waals surface area contributed by atoms with Crippen molar-refractivity contribution in [3.8, 4) is 0 Å². The lowest BCUT2D eigenvalue weighted by atomic mass is 9.87. The minimum atomic E-state index is -0.777. The van der Waals surface area contributed by atoms with Crippen molar-refractivity contribution in [1.82, 2.24) is 0 Å². The van der Waals surface area contributed by atoms with E-state index < -0.39 is 17.7 Å². The Bertz CT molecular complexity index is 479. The number of hydrogen-bond acceptors (Lipinski definition) is 1. The average molecular weight is 250 g/mol. The summed E-state index contributed by atoms with van der Waals surface area (Å²) in [5.41, 5.74) is 3.54. The lowest BCUT2D eigenvalue weighted by Gasteiger charge is -2.27. The molecule has 1 aromatic carbocycles. The third-order valence-electron chi connectivity index (χ3n) is 3.21. The van der Waals surface area contributed by atoms with Crippen molar-refractivity contribution >= 4 is 5.69 Å². The molecule has 102 valence electrons. The summed E-state index contributed by atoms with van der Waals surface area (Å²) in [6, 6.07) is 3.93. The Morgan fingerprint density at radius 1 is 0.833 bits per heavy atom. The van der Waals surface area contributed by atoms with Crippen LogP contribution >= 0.6 is 0 Å². The smallest absolute Gasteiger partial charge is 0.0431 e. The Kier molecular flexibility index (Phi) is 3.50. The van der Waals surface area contributed by atoms with Crippen molar-refractivity contribution in [2.45, 2.75) is 59.2 Å². The maximum atomic E-state index is 8.46. The second kappa shape index (κ2) is 5.77. The summed E-state index contributed by atoms with van der Waals surface area (Å²) < 4.78 is 25.2. The number of rotatable bonds is 4. The van der Waals surface area contributed by atoms with Gasteiger partial charge >= 0.3 is 0 Å². The van der Waals surface area contributed by atoms with E-state index in [-0.39, 0.29) is 0 Å². The molecule has 0 aromatic heterocycles. The van der Waals surface area contributed by atoms with Crippen molar-refractivity contribution in [3.05, 3.63) is 28.8 Å². The molecule has 1 aromatic rings. The second-order valence-corrected chi connectivity index (χ2v) is 5.81. The van der Waals surface area contributed by atoms with Crippen LogP contribution in [0.5, 0.6) is 0 Å². The molecule has 0 radical (unpaired) electrons. The molecule has 0 aliphatic rings. The van der Waals surface area contributed by atoms with Crippen LogP contribution in [0.4, 0.5) is 5.69 Å². The number of hydrogen-bond donors (Lipinski definition) is 0. The number of nitrogens with zero attached hydrogens (tertiary/aromatic N) is 1. The molecule has 0 fully saturated rings. The molecule has 0 atom stereocenters. The Balaban J connectivity index is 3.85.